The molecule has 1 atom stereocenters. The number of carbonyl (C=O) groups excluding carboxylic acids is 1. The van der Waals surface area contributed by atoms with Gasteiger partial charge in [-0.05, 0) is 43.0 Å². The largest absolute Gasteiger partial charge is 0.485 e. The predicted octanol–water partition coefficient (Wildman–Crippen LogP) is 2.79. The van der Waals surface area contributed by atoms with Crippen LogP contribution < -0.4 is 19.7 Å². The van der Waals surface area contributed by atoms with Crippen LogP contribution in [0.4, 0.5) is 5.69 Å². The van der Waals surface area contributed by atoms with Crippen molar-refractivity contribution in [2.45, 2.75) is 25.4 Å². The Morgan fingerprint density at radius 1 is 1.12 bits per heavy atom. The molecule has 1 N–H and O–H groups in total. The second-order valence-electron chi connectivity index (χ2n) is 6.73. The monoisotopic (exact) mass is 352 g/mol. The lowest BCUT2D eigenvalue weighted by Gasteiger charge is -2.31. The first-order valence-corrected chi connectivity index (χ1v) is 9.30. The molecule has 4 rings (SSSR count). The summed E-state index contributed by atoms with van der Waals surface area (Å²) in [6.07, 6.45) is 2.67. The molecule has 0 fully saturated rings. The summed E-state index contributed by atoms with van der Waals surface area (Å²) in [6, 6.07) is 16.0. The van der Waals surface area contributed by atoms with E-state index in [-0.39, 0.29) is 12.5 Å². The van der Waals surface area contributed by atoms with Crippen molar-refractivity contribution in [1.29, 1.82) is 0 Å². The zero-order chi connectivity index (χ0) is 17.8. The molecule has 2 heterocycles. The zero-order valence-electron chi connectivity index (χ0n) is 14.8. The summed E-state index contributed by atoms with van der Waals surface area (Å²) in [5.41, 5.74) is 2.76. The topological polar surface area (TPSA) is 50.8 Å². The molecular formula is C21H24N2O3. The van der Waals surface area contributed by atoms with Crippen molar-refractivity contribution in [2.24, 2.45) is 0 Å². The highest BCUT2D eigenvalue weighted by molar-refractivity contribution is 5.81. The number of benzene rings is 2. The van der Waals surface area contributed by atoms with Crippen molar-refractivity contribution >= 4 is 11.6 Å². The van der Waals surface area contributed by atoms with Gasteiger partial charge in [-0.3, -0.25) is 4.79 Å². The van der Waals surface area contributed by atoms with E-state index in [9.17, 15) is 4.79 Å². The Kier molecular flexibility index (Phi) is 4.95. The van der Waals surface area contributed by atoms with Crippen molar-refractivity contribution in [2.75, 3.05) is 31.1 Å². The second kappa shape index (κ2) is 7.68. The van der Waals surface area contributed by atoms with E-state index < -0.39 is 6.10 Å². The number of amides is 1. The van der Waals surface area contributed by atoms with Crippen LogP contribution >= 0.6 is 0 Å². The Morgan fingerprint density at radius 2 is 1.92 bits per heavy atom. The van der Waals surface area contributed by atoms with Crippen molar-refractivity contribution in [3.05, 3.63) is 54.1 Å². The first kappa shape index (κ1) is 16.8. The van der Waals surface area contributed by atoms with Crippen LogP contribution in [0.15, 0.2) is 48.5 Å². The maximum atomic E-state index is 12.3. The van der Waals surface area contributed by atoms with E-state index in [1.54, 1.807) is 0 Å². The summed E-state index contributed by atoms with van der Waals surface area (Å²) in [6.45, 7) is 2.92. The Hall–Kier alpha value is -2.69. The van der Waals surface area contributed by atoms with E-state index in [1.165, 1.54) is 17.7 Å². The van der Waals surface area contributed by atoms with Crippen molar-refractivity contribution in [1.82, 2.24) is 5.32 Å². The molecule has 2 aliphatic heterocycles. The lowest BCUT2D eigenvalue weighted by Crippen LogP contribution is -2.44. The summed E-state index contributed by atoms with van der Waals surface area (Å²) in [4.78, 5) is 14.7. The third kappa shape index (κ3) is 3.62. The molecular weight excluding hydrogens is 328 g/mol. The molecule has 26 heavy (non-hydrogen) atoms. The number of hydrogen-bond acceptors (Lipinski definition) is 4. The Bertz CT molecular complexity index is 777. The van der Waals surface area contributed by atoms with Gasteiger partial charge < -0.3 is 19.7 Å². The quantitative estimate of drug-likeness (QED) is 0.841. The molecule has 0 spiro atoms. The van der Waals surface area contributed by atoms with Gasteiger partial charge in [0.15, 0.2) is 11.5 Å². The number of fused-ring (bicyclic) bond motifs is 2. The van der Waals surface area contributed by atoms with Crippen LogP contribution in [0.1, 0.15) is 18.4 Å². The molecule has 0 aliphatic carbocycles. The van der Waals surface area contributed by atoms with Gasteiger partial charge in [0.05, 0.1) is 0 Å². The molecule has 5 nitrogen and oxygen atoms in total. The SMILES string of the molecule is O=C(NCCCN1CCCc2ccccc21)C1COc2ccccc2O1. The highest BCUT2D eigenvalue weighted by Gasteiger charge is 2.26. The Labute approximate surface area is 153 Å². The molecule has 0 radical (unpaired) electrons. The van der Waals surface area contributed by atoms with E-state index in [1.807, 2.05) is 24.3 Å². The third-order valence-corrected chi connectivity index (χ3v) is 4.91. The highest BCUT2D eigenvalue weighted by Crippen LogP contribution is 2.31. The second-order valence-corrected chi connectivity index (χ2v) is 6.73. The fourth-order valence-corrected chi connectivity index (χ4v) is 3.59. The minimum absolute atomic E-state index is 0.112. The zero-order valence-corrected chi connectivity index (χ0v) is 14.8. The molecule has 136 valence electrons. The summed E-state index contributed by atoms with van der Waals surface area (Å²) in [5, 5.41) is 2.98. The number of nitrogens with zero attached hydrogens (tertiary/aromatic N) is 1. The average molecular weight is 352 g/mol. The van der Waals surface area contributed by atoms with Crippen LogP contribution in [0.5, 0.6) is 11.5 Å². The van der Waals surface area contributed by atoms with Crippen LogP contribution in [0.3, 0.4) is 0 Å². The van der Waals surface area contributed by atoms with Gasteiger partial charge in [0.1, 0.15) is 6.61 Å². The molecule has 0 saturated carbocycles. The summed E-state index contributed by atoms with van der Waals surface area (Å²) >= 11 is 0. The standard InChI is InChI=1S/C21H24N2O3/c24-21(20-15-25-18-10-3-4-11-19(18)26-20)22-12-6-14-23-13-5-8-16-7-1-2-9-17(16)23/h1-4,7,9-11,20H,5-6,8,12-15H2,(H,22,24). The van der Waals surface area contributed by atoms with E-state index in [4.69, 9.17) is 9.47 Å². The van der Waals surface area contributed by atoms with Crippen molar-refractivity contribution in [3.8, 4) is 11.5 Å². The number of aryl methyl sites for hydroxylation is 1. The molecule has 5 heteroatoms. The molecule has 0 aromatic heterocycles. The molecule has 2 aliphatic rings. The fraction of sp³-hybridized carbons (Fsp3) is 0.381. The number of ether oxygens (including phenoxy) is 2. The molecule has 0 saturated heterocycles. The van der Waals surface area contributed by atoms with Gasteiger partial charge in [-0.25, -0.2) is 0 Å². The highest BCUT2D eigenvalue weighted by atomic mass is 16.6. The first-order chi connectivity index (χ1) is 12.8. The van der Waals surface area contributed by atoms with Gasteiger partial charge in [-0.15, -0.1) is 0 Å². The number of para-hydroxylation sites is 3. The molecule has 2 aromatic rings. The van der Waals surface area contributed by atoms with E-state index >= 15 is 0 Å². The van der Waals surface area contributed by atoms with Crippen molar-refractivity contribution in [3.63, 3.8) is 0 Å². The summed E-state index contributed by atoms with van der Waals surface area (Å²) in [5.74, 6) is 1.21. The van der Waals surface area contributed by atoms with Crippen LogP contribution in [0.2, 0.25) is 0 Å². The number of nitrogens with one attached hydrogen (secondary N) is 1. The van der Waals surface area contributed by atoms with Crippen molar-refractivity contribution < 1.29 is 14.3 Å². The van der Waals surface area contributed by atoms with Gasteiger partial charge in [-0.2, -0.15) is 0 Å². The Morgan fingerprint density at radius 3 is 2.85 bits per heavy atom. The predicted molar refractivity (Wildman–Crippen MR) is 101 cm³/mol. The number of rotatable bonds is 5. The smallest absolute Gasteiger partial charge is 0.264 e. The summed E-state index contributed by atoms with van der Waals surface area (Å²) < 4.78 is 11.3. The normalized spacial score (nSPS) is 18.2. The van der Waals surface area contributed by atoms with E-state index in [2.05, 4.69) is 34.5 Å². The maximum Gasteiger partial charge on any atom is 0.264 e. The first-order valence-electron chi connectivity index (χ1n) is 9.30. The van der Waals surface area contributed by atoms with Crippen LogP contribution in [-0.4, -0.2) is 38.3 Å². The number of hydrogen-bond donors (Lipinski definition) is 1. The van der Waals surface area contributed by atoms with Crippen LogP contribution in [0.25, 0.3) is 0 Å². The molecule has 1 amide bonds. The lowest BCUT2D eigenvalue weighted by atomic mass is 10.0. The fourth-order valence-electron chi connectivity index (χ4n) is 3.59. The molecule has 2 aromatic carbocycles. The minimum Gasteiger partial charge on any atom is -0.485 e. The average Bonchev–Trinajstić information content (AvgIpc) is 2.70. The van der Waals surface area contributed by atoms with E-state index in [0.717, 1.165) is 25.9 Å². The van der Waals surface area contributed by atoms with Gasteiger partial charge >= 0.3 is 0 Å². The van der Waals surface area contributed by atoms with Gasteiger partial charge in [-0.1, -0.05) is 30.3 Å². The van der Waals surface area contributed by atoms with Crippen LogP contribution in [-0.2, 0) is 11.2 Å². The van der Waals surface area contributed by atoms with Gasteiger partial charge in [0.2, 0.25) is 6.10 Å². The van der Waals surface area contributed by atoms with E-state index in [0.29, 0.717) is 18.0 Å². The van der Waals surface area contributed by atoms with Crippen LogP contribution in [0, 0.1) is 0 Å². The maximum absolute atomic E-state index is 12.3. The number of anilines is 1. The molecule has 1 unspecified atom stereocenters. The molecule has 0 bridgehead atoms. The minimum atomic E-state index is -0.583. The number of carbonyl (C=O) groups is 1. The lowest BCUT2D eigenvalue weighted by molar-refractivity contribution is -0.130. The van der Waals surface area contributed by atoms with Gasteiger partial charge in [0, 0.05) is 25.3 Å². The summed E-state index contributed by atoms with van der Waals surface area (Å²) in [7, 11) is 0. The Balaban J connectivity index is 1.24. The third-order valence-electron chi connectivity index (χ3n) is 4.91. The van der Waals surface area contributed by atoms with Gasteiger partial charge in [0.25, 0.3) is 5.91 Å².